The van der Waals surface area contributed by atoms with Gasteiger partial charge in [-0.2, -0.15) is 0 Å². The molecular weight excluding hydrogens is 232 g/mol. The Labute approximate surface area is 106 Å². The van der Waals surface area contributed by atoms with E-state index in [1.807, 2.05) is 16.3 Å². The standard InChI is InChI=1S/C13H16N2OS/c1-2-5-10(14)13(16)15-8-3-6-11(15)12-7-4-9-17-12/h1,4,7,9-11H,3,5-6,8,14H2. The van der Waals surface area contributed by atoms with E-state index in [0.717, 1.165) is 19.4 Å². The van der Waals surface area contributed by atoms with E-state index in [1.54, 1.807) is 11.3 Å². The van der Waals surface area contributed by atoms with Gasteiger partial charge in [0, 0.05) is 17.8 Å². The molecule has 90 valence electrons. The molecule has 0 spiro atoms. The van der Waals surface area contributed by atoms with Gasteiger partial charge in [0.25, 0.3) is 0 Å². The first-order valence-electron chi connectivity index (χ1n) is 5.77. The average Bonchev–Trinajstić information content (AvgIpc) is 2.98. The normalized spacial score (nSPS) is 21.2. The van der Waals surface area contributed by atoms with Crippen molar-refractivity contribution >= 4 is 17.2 Å². The molecule has 1 aliphatic heterocycles. The van der Waals surface area contributed by atoms with Crippen molar-refractivity contribution < 1.29 is 4.79 Å². The summed E-state index contributed by atoms with van der Waals surface area (Å²) < 4.78 is 0. The van der Waals surface area contributed by atoms with Crippen molar-refractivity contribution in [3.05, 3.63) is 22.4 Å². The van der Waals surface area contributed by atoms with Gasteiger partial charge in [-0.1, -0.05) is 6.07 Å². The van der Waals surface area contributed by atoms with Crippen LogP contribution in [0.1, 0.15) is 30.2 Å². The molecule has 2 unspecified atom stereocenters. The zero-order valence-corrected chi connectivity index (χ0v) is 10.5. The number of carbonyl (C=O) groups is 1. The van der Waals surface area contributed by atoms with Gasteiger partial charge in [-0.15, -0.1) is 23.7 Å². The van der Waals surface area contributed by atoms with Crippen LogP contribution in [0.2, 0.25) is 0 Å². The molecule has 1 aliphatic rings. The third kappa shape index (κ3) is 2.51. The summed E-state index contributed by atoms with van der Waals surface area (Å²) >= 11 is 1.69. The highest BCUT2D eigenvalue weighted by molar-refractivity contribution is 7.10. The lowest BCUT2D eigenvalue weighted by Crippen LogP contribution is -2.43. The fourth-order valence-corrected chi connectivity index (χ4v) is 3.11. The van der Waals surface area contributed by atoms with E-state index in [0.29, 0.717) is 6.42 Å². The van der Waals surface area contributed by atoms with Crippen LogP contribution in [0.3, 0.4) is 0 Å². The van der Waals surface area contributed by atoms with E-state index in [4.69, 9.17) is 12.2 Å². The van der Waals surface area contributed by atoms with Crippen molar-refractivity contribution in [2.75, 3.05) is 6.54 Å². The summed E-state index contributed by atoms with van der Waals surface area (Å²) in [7, 11) is 0. The van der Waals surface area contributed by atoms with E-state index in [9.17, 15) is 4.79 Å². The summed E-state index contributed by atoms with van der Waals surface area (Å²) in [5.74, 6) is 2.44. The van der Waals surface area contributed by atoms with Gasteiger partial charge in [0.2, 0.25) is 5.91 Å². The lowest BCUT2D eigenvalue weighted by molar-refractivity contribution is -0.133. The highest BCUT2D eigenvalue weighted by Gasteiger charge is 2.32. The van der Waals surface area contributed by atoms with E-state index in [2.05, 4.69) is 12.0 Å². The second kappa shape index (κ2) is 5.35. The number of amides is 1. The van der Waals surface area contributed by atoms with Crippen molar-refractivity contribution in [3.8, 4) is 12.3 Å². The highest BCUT2D eigenvalue weighted by atomic mass is 32.1. The van der Waals surface area contributed by atoms with Crippen LogP contribution in [0, 0.1) is 12.3 Å². The van der Waals surface area contributed by atoms with Crippen LogP contribution in [-0.4, -0.2) is 23.4 Å². The Balaban J connectivity index is 2.10. The number of carbonyl (C=O) groups excluding carboxylic acids is 1. The third-order valence-electron chi connectivity index (χ3n) is 3.06. The first kappa shape index (κ1) is 12.2. The molecule has 1 fully saturated rings. The van der Waals surface area contributed by atoms with Gasteiger partial charge in [0.15, 0.2) is 0 Å². The Morgan fingerprint density at radius 1 is 1.76 bits per heavy atom. The molecule has 17 heavy (non-hydrogen) atoms. The monoisotopic (exact) mass is 248 g/mol. The maximum absolute atomic E-state index is 12.2. The molecule has 0 bridgehead atoms. The topological polar surface area (TPSA) is 46.3 Å². The maximum Gasteiger partial charge on any atom is 0.241 e. The third-order valence-corrected chi connectivity index (χ3v) is 4.04. The van der Waals surface area contributed by atoms with Gasteiger partial charge in [-0.05, 0) is 24.3 Å². The molecule has 4 heteroatoms. The molecule has 2 atom stereocenters. The Bertz CT molecular complexity index is 421. The van der Waals surface area contributed by atoms with E-state index >= 15 is 0 Å². The van der Waals surface area contributed by atoms with Crippen LogP contribution < -0.4 is 5.73 Å². The number of hydrogen-bond acceptors (Lipinski definition) is 3. The molecule has 1 amide bonds. The van der Waals surface area contributed by atoms with Gasteiger partial charge in [-0.3, -0.25) is 4.79 Å². The minimum atomic E-state index is -0.555. The zero-order valence-electron chi connectivity index (χ0n) is 9.63. The van der Waals surface area contributed by atoms with Crippen molar-refractivity contribution in [1.29, 1.82) is 0 Å². The number of hydrogen-bond donors (Lipinski definition) is 1. The van der Waals surface area contributed by atoms with E-state index in [-0.39, 0.29) is 11.9 Å². The van der Waals surface area contributed by atoms with Crippen LogP contribution in [0.25, 0.3) is 0 Å². The van der Waals surface area contributed by atoms with Gasteiger partial charge < -0.3 is 10.6 Å². The van der Waals surface area contributed by atoms with Crippen LogP contribution in [0.15, 0.2) is 17.5 Å². The molecule has 0 saturated carbocycles. The molecule has 0 aliphatic carbocycles. The second-order valence-corrected chi connectivity index (χ2v) is 5.20. The number of terminal acetylenes is 1. The van der Waals surface area contributed by atoms with Crippen molar-refractivity contribution in [2.45, 2.75) is 31.3 Å². The Morgan fingerprint density at radius 3 is 3.24 bits per heavy atom. The summed E-state index contributed by atoms with van der Waals surface area (Å²) in [5.41, 5.74) is 5.79. The van der Waals surface area contributed by atoms with Crippen LogP contribution in [-0.2, 0) is 4.79 Å². The fraction of sp³-hybridized carbons (Fsp3) is 0.462. The molecule has 1 aromatic heterocycles. The van der Waals surface area contributed by atoms with Gasteiger partial charge in [0.05, 0.1) is 12.1 Å². The average molecular weight is 248 g/mol. The number of nitrogens with zero attached hydrogens (tertiary/aromatic N) is 1. The number of rotatable bonds is 3. The minimum Gasteiger partial charge on any atom is -0.333 e. The minimum absolute atomic E-state index is 0.0150. The number of likely N-dealkylation sites (tertiary alicyclic amines) is 1. The molecular formula is C13H16N2OS. The fourth-order valence-electron chi connectivity index (χ4n) is 2.23. The highest BCUT2D eigenvalue weighted by Crippen LogP contribution is 2.34. The predicted octanol–water partition coefficient (Wildman–Crippen LogP) is 1.76. The predicted molar refractivity (Wildman–Crippen MR) is 69.4 cm³/mol. The molecule has 1 saturated heterocycles. The molecule has 0 aromatic carbocycles. The van der Waals surface area contributed by atoms with Crippen LogP contribution in [0.5, 0.6) is 0 Å². The smallest absolute Gasteiger partial charge is 0.241 e. The van der Waals surface area contributed by atoms with Gasteiger partial charge in [-0.25, -0.2) is 0 Å². The molecule has 0 radical (unpaired) electrons. The van der Waals surface area contributed by atoms with Gasteiger partial charge in [0.1, 0.15) is 0 Å². The quantitative estimate of drug-likeness (QED) is 0.829. The molecule has 2 rings (SSSR count). The number of nitrogens with two attached hydrogens (primary N) is 1. The zero-order chi connectivity index (χ0) is 12.3. The Morgan fingerprint density at radius 2 is 2.59 bits per heavy atom. The SMILES string of the molecule is C#CCC(N)C(=O)N1CCCC1c1cccs1. The van der Waals surface area contributed by atoms with E-state index < -0.39 is 6.04 Å². The van der Waals surface area contributed by atoms with Crippen molar-refractivity contribution in [2.24, 2.45) is 5.73 Å². The summed E-state index contributed by atoms with van der Waals surface area (Å²) in [6.45, 7) is 0.791. The van der Waals surface area contributed by atoms with Crippen LogP contribution >= 0.6 is 11.3 Å². The van der Waals surface area contributed by atoms with Crippen molar-refractivity contribution in [1.82, 2.24) is 4.90 Å². The second-order valence-electron chi connectivity index (χ2n) is 4.22. The lowest BCUT2D eigenvalue weighted by atomic mass is 10.1. The molecule has 2 N–H and O–H groups in total. The maximum atomic E-state index is 12.2. The molecule has 3 nitrogen and oxygen atoms in total. The lowest BCUT2D eigenvalue weighted by Gasteiger charge is -2.26. The Hall–Kier alpha value is -1.31. The summed E-state index contributed by atoms with van der Waals surface area (Å²) in [4.78, 5) is 15.3. The first-order valence-corrected chi connectivity index (χ1v) is 6.65. The summed E-state index contributed by atoms with van der Waals surface area (Å²) in [6, 6.07) is 3.74. The molecule has 1 aromatic rings. The number of thiophene rings is 1. The largest absolute Gasteiger partial charge is 0.333 e. The first-order chi connectivity index (χ1) is 8.24. The van der Waals surface area contributed by atoms with Crippen molar-refractivity contribution in [3.63, 3.8) is 0 Å². The summed E-state index contributed by atoms with van der Waals surface area (Å²) in [5, 5.41) is 2.04. The van der Waals surface area contributed by atoms with E-state index in [1.165, 1.54) is 4.88 Å². The Kier molecular flexibility index (Phi) is 3.82. The van der Waals surface area contributed by atoms with Crippen LogP contribution in [0.4, 0.5) is 0 Å². The molecule has 2 heterocycles. The summed E-state index contributed by atoms with van der Waals surface area (Å²) in [6.07, 6.45) is 7.57. The van der Waals surface area contributed by atoms with Gasteiger partial charge >= 0.3 is 0 Å².